The van der Waals surface area contributed by atoms with Gasteiger partial charge in [-0.15, -0.1) is 11.3 Å². The molecule has 0 unspecified atom stereocenters. The molecule has 0 saturated carbocycles. The van der Waals surface area contributed by atoms with Crippen molar-refractivity contribution < 1.29 is 14.3 Å². The molecule has 0 aliphatic carbocycles. The van der Waals surface area contributed by atoms with Crippen LogP contribution in [0.15, 0.2) is 58.4 Å². The van der Waals surface area contributed by atoms with Gasteiger partial charge in [-0.1, -0.05) is 46.3 Å². The fourth-order valence-electron chi connectivity index (χ4n) is 2.72. The molecule has 2 aromatic carbocycles. The summed E-state index contributed by atoms with van der Waals surface area (Å²) >= 11 is 4.74. The van der Waals surface area contributed by atoms with E-state index in [0.717, 1.165) is 28.6 Å². The molecule has 3 rings (SSSR count). The number of hydrogen-bond acceptors (Lipinski definition) is 5. The molecule has 2 amide bonds. The molecule has 3 aromatic rings. The summed E-state index contributed by atoms with van der Waals surface area (Å²) < 4.78 is 6.38. The predicted octanol–water partition coefficient (Wildman–Crippen LogP) is 4.66. The number of hydrogen-bond donors (Lipinski definition) is 2. The maximum absolute atomic E-state index is 12.1. The lowest BCUT2D eigenvalue weighted by Crippen LogP contribution is -2.21. The van der Waals surface area contributed by atoms with E-state index in [0.29, 0.717) is 17.4 Å². The quantitative estimate of drug-likeness (QED) is 0.430. The number of amides is 2. The number of aryl methyl sites for hydroxylation is 1. The van der Waals surface area contributed by atoms with Crippen molar-refractivity contribution in [2.45, 2.75) is 19.8 Å². The molecule has 0 spiro atoms. The number of nitrogens with one attached hydrogen (secondary N) is 2. The van der Waals surface area contributed by atoms with Crippen molar-refractivity contribution in [1.82, 2.24) is 10.3 Å². The summed E-state index contributed by atoms with van der Waals surface area (Å²) in [6.07, 6.45) is 1.80. The Labute approximate surface area is 187 Å². The van der Waals surface area contributed by atoms with Crippen molar-refractivity contribution in [3.63, 3.8) is 0 Å². The number of carbonyl (C=O) groups is 2. The smallest absolute Gasteiger partial charge is 0.264 e. The topological polar surface area (TPSA) is 80.3 Å². The first-order valence-corrected chi connectivity index (χ1v) is 11.1. The molecule has 1 aromatic heterocycles. The molecule has 0 radical (unpaired) electrons. The predicted molar refractivity (Wildman–Crippen MR) is 123 cm³/mol. The van der Waals surface area contributed by atoms with E-state index in [9.17, 15) is 9.59 Å². The van der Waals surface area contributed by atoms with Crippen molar-refractivity contribution in [3.8, 4) is 17.0 Å². The largest absolute Gasteiger partial charge is 0.484 e. The summed E-state index contributed by atoms with van der Waals surface area (Å²) in [6, 6.07) is 15.5. The molecule has 0 bridgehead atoms. The zero-order valence-corrected chi connectivity index (χ0v) is 18.9. The highest BCUT2D eigenvalue weighted by molar-refractivity contribution is 9.10. The Bertz CT molecular complexity index is 1000. The molecule has 0 aliphatic heterocycles. The van der Waals surface area contributed by atoms with E-state index in [4.69, 9.17) is 4.74 Å². The molecule has 1 heterocycles. The Morgan fingerprint density at radius 2 is 1.97 bits per heavy atom. The van der Waals surface area contributed by atoms with Gasteiger partial charge in [0, 0.05) is 28.9 Å². The van der Waals surface area contributed by atoms with Crippen molar-refractivity contribution in [3.05, 3.63) is 63.9 Å². The highest BCUT2D eigenvalue weighted by atomic mass is 79.9. The second-order valence-corrected chi connectivity index (χ2v) is 8.39. The lowest BCUT2D eigenvalue weighted by atomic mass is 10.1. The minimum atomic E-state index is -0.259. The van der Waals surface area contributed by atoms with E-state index < -0.39 is 0 Å². The average molecular weight is 488 g/mol. The fourth-order valence-corrected chi connectivity index (χ4v) is 3.84. The molecule has 156 valence electrons. The molecule has 0 aliphatic rings. The van der Waals surface area contributed by atoms with Crippen LogP contribution in [0.3, 0.4) is 0 Å². The van der Waals surface area contributed by atoms with Crippen LogP contribution in [0.2, 0.25) is 0 Å². The van der Waals surface area contributed by atoms with Gasteiger partial charge in [-0.3, -0.25) is 14.9 Å². The van der Waals surface area contributed by atoms with Gasteiger partial charge >= 0.3 is 0 Å². The molecule has 0 atom stereocenters. The third-order valence-electron chi connectivity index (χ3n) is 4.18. The average Bonchev–Trinajstić information content (AvgIpc) is 3.18. The molecular formula is C22H22BrN3O3S. The zero-order chi connectivity index (χ0) is 21.3. The second kappa shape index (κ2) is 10.9. The Balaban J connectivity index is 1.49. The van der Waals surface area contributed by atoms with Crippen LogP contribution >= 0.6 is 27.3 Å². The Kier molecular flexibility index (Phi) is 7.98. The molecule has 0 saturated heterocycles. The number of carbonyl (C=O) groups excluding carboxylic acids is 2. The third kappa shape index (κ3) is 6.96. The maximum Gasteiger partial charge on any atom is 0.264 e. The van der Waals surface area contributed by atoms with Gasteiger partial charge in [-0.2, -0.15) is 0 Å². The van der Waals surface area contributed by atoms with Crippen molar-refractivity contribution in [2.24, 2.45) is 0 Å². The fraction of sp³-hybridized carbons (Fsp3) is 0.227. The van der Waals surface area contributed by atoms with Crippen LogP contribution in [0.1, 0.15) is 18.9 Å². The van der Waals surface area contributed by atoms with E-state index in [-0.39, 0.29) is 18.4 Å². The van der Waals surface area contributed by atoms with Crippen LogP contribution < -0.4 is 15.4 Å². The monoisotopic (exact) mass is 487 g/mol. The van der Waals surface area contributed by atoms with E-state index >= 15 is 0 Å². The van der Waals surface area contributed by atoms with Gasteiger partial charge in [0.15, 0.2) is 11.7 Å². The highest BCUT2D eigenvalue weighted by Crippen LogP contribution is 2.25. The lowest BCUT2D eigenvalue weighted by molar-refractivity contribution is -0.119. The van der Waals surface area contributed by atoms with Gasteiger partial charge in [0.05, 0.1) is 5.69 Å². The first kappa shape index (κ1) is 22.0. The number of anilines is 1. The first-order chi connectivity index (χ1) is 14.5. The van der Waals surface area contributed by atoms with Crippen molar-refractivity contribution in [1.29, 1.82) is 0 Å². The standard InChI is InChI=1S/C22H22BrN3O3S/c1-15(27)24-11-3-4-16-7-9-17(10-8-16)20-14-30-22(25-20)26-21(28)13-29-19-6-2-5-18(23)12-19/h2,5-10,12,14H,3-4,11,13H2,1H3,(H,24,27)(H,25,26,28). The number of ether oxygens (including phenoxy) is 1. The first-order valence-electron chi connectivity index (χ1n) is 9.47. The number of nitrogens with zero attached hydrogens (tertiary/aromatic N) is 1. The summed E-state index contributed by atoms with van der Waals surface area (Å²) in [5.74, 6) is 0.360. The van der Waals surface area contributed by atoms with Crippen LogP contribution in [-0.2, 0) is 16.0 Å². The highest BCUT2D eigenvalue weighted by Gasteiger charge is 2.09. The Morgan fingerprint density at radius 3 is 2.70 bits per heavy atom. The van der Waals surface area contributed by atoms with Gasteiger partial charge in [-0.05, 0) is 36.6 Å². The minimum Gasteiger partial charge on any atom is -0.484 e. The van der Waals surface area contributed by atoms with Crippen LogP contribution in [0.4, 0.5) is 5.13 Å². The molecular weight excluding hydrogens is 466 g/mol. The molecule has 8 heteroatoms. The molecule has 30 heavy (non-hydrogen) atoms. The molecule has 2 N–H and O–H groups in total. The van der Waals surface area contributed by atoms with Gasteiger partial charge in [0.2, 0.25) is 5.91 Å². The molecule has 6 nitrogen and oxygen atoms in total. The van der Waals surface area contributed by atoms with Crippen molar-refractivity contribution in [2.75, 3.05) is 18.5 Å². The summed E-state index contributed by atoms with van der Waals surface area (Å²) in [6.45, 7) is 2.12. The number of aromatic nitrogens is 1. The minimum absolute atomic E-state index is 0.00326. The zero-order valence-electron chi connectivity index (χ0n) is 16.5. The van der Waals surface area contributed by atoms with Gasteiger partial charge in [0.25, 0.3) is 5.91 Å². The summed E-state index contributed by atoms with van der Waals surface area (Å²) in [5, 5.41) is 8.02. The summed E-state index contributed by atoms with van der Waals surface area (Å²) in [5.41, 5.74) is 3.01. The van der Waals surface area contributed by atoms with Gasteiger partial charge in [0.1, 0.15) is 5.75 Å². The van der Waals surface area contributed by atoms with Crippen LogP contribution in [0.5, 0.6) is 5.75 Å². The van der Waals surface area contributed by atoms with E-state index in [2.05, 4.69) is 43.7 Å². The van der Waals surface area contributed by atoms with Crippen molar-refractivity contribution >= 4 is 44.2 Å². The number of benzene rings is 2. The number of thiazole rings is 1. The second-order valence-electron chi connectivity index (χ2n) is 6.62. The lowest BCUT2D eigenvalue weighted by Gasteiger charge is -2.06. The van der Waals surface area contributed by atoms with E-state index in [1.165, 1.54) is 23.8 Å². The SMILES string of the molecule is CC(=O)NCCCc1ccc(-c2csc(NC(=O)COc3cccc(Br)c3)n2)cc1. The van der Waals surface area contributed by atoms with Crippen LogP contribution in [0, 0.1) is 0 Å². The summed E-state index contributed by atoms with van der Waals surface area (Å²) in [7, 11) is 0. The Morgan fingerprint density at radius 1 is 1.17 bits per heavy atom. The van der Waals surface area contributed by atoms with Crippen LogP contribution in [-0.4, -0.2) is 29.9 Å². The van der Waals surface area contributed by atoms with Crippen LogP contribution in [0.25, 0.3) is 11.3 Å². The maximum atomic E-state index is 12.1. The normalized spacial score (nSPS) is 10.5. The number of rotatable bonds is 9. The van der Waals surface area contributed by atoms with E-state index in [1.807, 2.05) is 29.6 Å². The van der Waals surface area contributed by atoms with Gasteiger partial charge in [-0.25, -0.2) is 4.98 Å². The van der Waals surface area contributed by atoms with E-state index in [1.54, 1.807) is 12.1 Å². The summed E-state index contributed by atoms with van der Waals surface area (Å²) in [4.78, 5) is 27.5. The Hall–Kier alpha value is -2.71. The third-order valence-corrected chi connectivity index (χ3v) is 5.43. The van der Waals surface area contributed by atoms with Gasteiger partial charge < -0.3 is 10.1 Å². The molecule has 0 fully saturated rings. The number of halogens is 1.